The van der Waals surface area contributed by atoms with Crippen molar-refractivity contribution in [2.75, 3.05) is 52.8 Å². The van der Waals surface area contributed by atoms with Crippen molar-refractivity contribution in [1.29, 1.82) is 0 Å². The van der Waals surface area contributed by atoms with Crippen LogP contribution in [0.15, 0.2) is 38.0 Å². The van der Waals surface area contributed by atoms with Gasteiger partial charge in [-0.1, -0.05) is 19.7 Å². The lowest BCUT2D eigenvalue weighted by Crippen LogP contribution is -2.59. The maximum atomic E-state index is 12.6. The second-order valence-corrected chi connectivity index (χ2v) is 5.60. The summed E-state index contributed by atoms with van der Waals surface area (Å²) in [6, 6.07) is -0.288. The molecule has 0 atom stereocenters. The number of amides is 2. The summed E-state index contributed by atoms with van der Waals surface area (Å²) in [7, 11) is 0. The minimum Gasteiger partial charge on any atom is -0.461 e. The van der Waals surface area contributed by atoms with Gasteiger partial charge in [0.05, 0.1) is 26.4 Å². The Morgan fingerprint density at radius 3 is 1.46 bits per heavy atom. The van der Waals surface area contributed by atoms with Crippen molar-refractivity contribution in [3.05, 3.63) is 38.0 Å². The second kappa shape index (κ2) is 12.3. The Labute approximate surface area is 163 Å². The van der Waals surface area contributed by atoms with Crippen molar-refractivity contribution in [2.45, 2.75) is 0 Å². The fourth-order valence-electron chi connectivity index (χ4n) is 2.29. The number of nitrogens with zero attached hydrogens (tertiary/aromatic N) is 3. The lowest BCUT2D eigenvalue weighted by Gasteiger charge is -2.41. The number of carbonyl (C=O) groups excluding carboxylic acids is 4. The molecular formula is C18H25N3O7. The van der Waals surface area contributed by atoms with Gasteiger partial charge in [0.2, 0.25) is 0 Å². The number of hydrogen-bond donors (Lipinski definition) is 0. The quantitative estimate of drug-likeness (QED) is 0.261. The molecule has 154 valence electrons. The topological polar surface area (TPSA) is 106 Å². The zero-order valence-electron chi connectivity index (χ0n) is 15.7. The molecule has 1 aliphatic rings. The van der Waals surface area contributed by atoms with E-state index in [1.54, 1.807) is 0 Å². The van der Waals surface area contributed by atoms with Crippen LogP contribution in [-0.4, -0.2) is 91.4 Å². The first-order valence-corrected chi connectivity index (χ1v) is 8.55. The molecule has 0 aliphatic carbocycles. The number of urea groups is 1. The highest BCUT2D eigenvalue weighted by atomic mass is 16.5. The summed E-state index contributed by atoms with van der Waals surface area (Å²) in [5, 5.41) is 0. The first kappa shape index (κ1) is 22.9. The Balaban J connectivity index is 2.64. The molecule has 0 aromatic carbocycles. The SMILES string of the molecule is C=CC(=O)OCCN1CN(CCOC(=O)C=C)C(=O)N(CCOC(=O)C=C)C1. The number of hydrogen-bond acceptors (Lipinski definition) is 8. The van der Waals surface area contributed by atoms with E-state index in [-0.39, 0.29) is 52.3 Å². The molecule has 0 aromatic heterocycles. The molecule has 0 bridgehead atoms. The van der Waals surface area contributed by atoms with Crippen LogP contribution in [0, 0.1) is 0 Å². The predicted molar refractivity (Wildman–Crippen MR) is 98.7 cm³/mol. The van der Waals surface area contributed by atoms with Crippen molar-refractivity contribution in [3.63, 3.8) is 0 Å². The molecule has 0 N–H and O–H groups in total. The number of ether oxygens (including phenoxy) is 3. The smallest absolute Gasteiger partial charge is 0.330 e. The number of carbonyl (C=O) groups is 4. The Morgan fingerprint density at radius 2 is 1.11 bits per heavy atom. The molecular weight excluding hydrogens is 370 g/mol. The van der Waals surface area contributed by atoms with Gasteiger partial charge in [0, 0.05) is 24.8 Å². The largest absolute Gasteiger partial charge is 0.461 e. The predicted octanol–water partition coefficient (Wildman–Crippen LogP) is 0.129. The highest BCUT2D eigenvalue weighted by Crippen LogP contribution is 2.10. The minimum atomic E-state index is -0.578. The maximum absolute atomic E-state index is 12.6. The van der Waals surface area contributed by atoms with E-state index < -0.39 is 17.9 Å². The normalized spacial score (nSPS) is 14.2. The summed E-state index contributed by atoms with van der Waals surface area (Å²) in [4.78, 5) is 50.9. The van der Waals surface area contributed by atoms with Crippen LogP contribution in [0.1, 0.15) is 0 Å². The Kier molecular flexibility index (Phi) is 10.0. The Hall–Kier alpha value is -3.14. The van der Waals surface area contributed by atoms with Gasteiger partial charge in [0.25, 0.3) is 0 Å². The van der Waals surface area contributed by atoms with Crippen LogP contribution < -0.4 is 0 Å². The molecule has 0 saturated carbocycles. The van der Waals surface area contributed by atoms with Crippen LogP contribution >= 0.6 is 0 Å². The molecule has 10 heteroatoms. The van der Waals surface area contributed by atoms with Crippen molar-refractivity contribution < 1.29 is 33.4 Å². The highest BCUT2D eigenvalue weighted by molar-refractivity contribution is 5.82. The second-order valence-electron chi connectivity index (χ2n) is 5.60. The third kappa shape index (κ3) is 8.04. The molecule has 0 radical (unpaired) electrons. The van der Waals surface area contributed by atoms with E-state index in [4.69, 9.17) is 14.2 Å². The number of esters is 3. The van der Waals surface area contributed by atoms with Gasteiger partial charge in [-0.05, 0) is 0 Å². The van der Waals surface area contributed by atoms with Gasteiger partial charge < -0.3 is 24.0 Å². The molecule has 1 saturated heterocycles. The third-order valence-electron chi connectivity index (χ3n) is 3.65. The Bertz CT molecular complexity index is 582. The molecule has 10 nitrogen and oxygen atoms in total. The van der Waals surface area contributed by atoms with E-state index in [0.717, 1.165) is 18.2 Å². The van der Waals surface area contributed by atoms with E-state index in [1.165, 1.54) is 9.80 Å². The van der Waals surface area contributed by atoms with Crippen LogP contribution in [0.2, 0.25) is 0 Å². The van der Waals surface area contributed by atoms with Crippen molar-refractivity contribution in [2.24, 2.45) is 0 Å². The van der Waals surface area contributed by atoms with Gasteiger partial charge in [-0.3, -0.25) is 4.90 Å². The van der Waals surface area contributed by atoms with Crippen LogP contribution in [0.3, 0.4) is 0 Å². The fraction of sp³-hybridized carbons (Fsp3) is 0.444. The van der Waals surface area contributed by atoms with E-state index in [1.807, 2.05) is 4.90 Å². The summed E-state index contributed by atoms with van der Waals surface area (Å²) in [6.45, 7) is 11.3. The summed E-state index contributed by atoms with van der Waals surface area (Å²) in [5.41, 5.74) is 0. The highest BCUT2D eigenvalue weighted by Gasteiger charge is 2.30. The van der Waals surface area contributed by atoms with Crippen molar-refractivity contribution >= 4 is 23.9 Å². The van der Waals surface area contributed by atoms with Gasteiger partial charge in [0.1, 0.15) is 19.8 Å². The molecule has 2 amide bonds. The van der Waals surface area contributed by atoms with E-state index in [0.29, 0.717) is 6.54 Å². The third-order valence-corrected chi connectivity index (χ3v) is 3.65. The molecule has 1 fully saturated rings. The van der Waals surface area contributed by atoms with Gasteiger partial charge >= 0.3 is 23.9 Å². The fourth-order valence-corrected chi connectivity index (χ4v) is 2.29. The zero-order chi connectivity index (χ0) is 20.9. The molecule has 28 heavy (non-hydrogen) atoms. The summed E-state index contributed by atoms with van der Waals surface area (Å²) >= 11 is 0. The van der Waals surface area contributed by atoms with Crippen LogP contribution in [0.25, 0.3) is 0 Å². The Morgan fingerprint density at radius 1 is 0.750 bits per heavy atom. The molecule has 0 spiro atoms. The summed E-state index contributed by atoms with van der Waals surface area (Å²) in [6.07, 6.45) is 3.15. The molecule has 1 aliphatic heterocycles. The van der Waals surface area contributed by atoms with Crippen LogP contribution in [0.5, 0.6) is 0 Å². The average Bonchev–Trinajstić information content (AvgIpc) is 2.70. The van der Waals surface area contributed by atoms with Gasteiger partial charge in [-0.2, -0.15) is 0 Å². The van der Waals surface area contributed by atoms with Crippen LogP contribution in [-0.2, 0) is 28.6 Å². The lowest BCUT2D eigenvalue weighted by molar-refractivity contribution is -0.138. The van der Waals surface area contributed by atoms with Gasteiger partial charge in [-0.15, -0.1) is 0 Å². The first-order valence-electron chi connectivity index (χ1n) is 8.55. The minimum absolute atomic E-state index is 0.00910. The average molecular weight is 395 g/mol. The van der Waals surface area contributed by atoms with Crippen molar-refractivity contribution in [1.82, 2.24) is 14.7 Å². The summed E-state index contributed by atoms with van der Waals surface area (Å²) in [5.74, 6) is -1.69. The van der Waals surface area contributed by atoms with E-state index in [2.05, 4.69) is 19.7 Å². The van der Waals surface area contributed by atoms with Crippen molar-refractivity contribution in [3.8, 4) is 0 Å². The van der Waals surface area contributed by atoms with Gasteiger partial charge in [-0.25, -0.2) is 19.2 Å². The first-order chi connectivity index (χ1) is 13.4. The molecule has 1 rings (SSSR count). The summed E-state index contributed by atoms with van der Waals surface area (Å²) < 4.78 is 14.8. The monoisotopic (exact) mass is 395 g/mol. The zero-order valence-corrected chi connectivity index (χ0v) is 15.7. The van der Waals surface area contributed by atoms with E-state index in [9.17, 15) is 19.2 Å². The standard InChI is InChI=1S/C18H25N3O7/c1-4-15(22)26-10-7-19-13-20(8-11-27-16(23)5-2)18(25)21(14-19)9-12-28-17(24)6-3/h4-6H,1-3,7-14H2. The molecule has 0 aromatic rings. The number of rotatable bonds is 12. The maximum Gasteiger partial charge on any atom is 0.330 e. The lowest BCUT2D eigenvalue weighted by atomic mass is 10.4. The molecule has 0 unspecified atom stereocenters. The van der Waals surface area contributed by atoms with Crippen LogP contribution in [0.4, 0.5) is 4.79 Å². The van der Waals surface area contributed by atoms with Gasteiger partial charge in [0.15, 0.2) is 0 Å². The van der Waals surface area contributed by atoms with E-state index >= 15 is 0 Å². The molecule has 1 heterocycles.